The Bertz CT molecular complexity index is 1110. The third-order valence-electron chi connectivity index (χ3n) is 5.26. The van der Waals surface area contributed by atoms with Gasteiger partial charge in [0.2, 0.25) is 0 Å². The van der Waals surface area contributed by atoms with Gasteiger partial charge in [-0.1, -0.05) is 0 Å². The second kappa shape index (κ2) is 12.1. The van der Waals surface area contributed by atoms with Gasteiger partial charge in [-0.25, -0.2) is 17.6 Å². The van der Waals surface area contributed by atoms with Gasteiger partial charge in [0.05, 0.1) is 6.04 Å². The van der Waals surface area contributed by atoms with Crippen LogP contribution in [0.2, 0.25) is 0 Å². The molecule has 2 amide bonds. The van der Waals surface area contributed by atoms with Crippen molar-refractivity contribution in [2.75, 3.05) is 13.6 Å². The Hall–Kier alpha value is -3.30. The fourth-order valence-corrected chi connectivity index (χ4v) is 3.64. The van der Waals surface area contributed by atoms with E-state index in [0.29, 0.717) is 30.6 Å². The predicted octanol–water partition coefficient (Wildman–Crippen LogP) is -2.61. The molecule has 2 aromatic carbocycles. The summed E-state index contributed by atoms with van der Waals surface area (Å²) in [6, 6.07) is -0.116. The smallest absolute Gasteiger partial charge is 0.423 e. The quantitative estimate of drug-likeness (QED) is 0.139. The number of nitrogens with zero attached hydrogens (tertiary/aromatic N) is 1. The largest absolute Gasteiger partial charge is 0.488 e. The van der Waals surface area contributed by atoms with E-state index >= 15 is 0 Å². The monoisotopic (exact) mass is 513 g/mol. The Morgan fingerprint density at radius 3 is 1.72 bits per heavy atom. The number of benzene rings is 2. The van der Waals surface area contributed by atoms with Crippen LogP contribution in [0.15, 0.2) is 24.3 Å². The van der Waals surface area contributed by atoms with Crippen molar-refractivity contribution < 1.29 is 52.0 Å². The maximum absolute atomic E-state index is 14.3. The van der Waals surface area contributed by atoms with Gasteiger partial charge in [-0.15, -0.1) is 0 Å². The molecule has 2 aromatic rings. The number of aldehydes is 1. The molecule has 7 N–H and O–H groups in total. The summed E-state index contributed by atoms with van der Waals surface area (Å²) in [5.41, 5.74) is 1.30. The second-order valence-corrected chi connectivity index (χ2v) is 7.53. The van der Waals surface area contributed by atoms with Crippen LogP contribution in [-0.2, 0) is 4.79 Å². The summed E-state index contributed by atoms with van der Waals surface area (Å²) in [6.45, 7) is -0.437. The van der Waals surface area contributed by atoms with Gasteiger partial charge in [-0.05, 0) is 48.7 Å². The molecule has 1 aliphatic heterocycles. The first-order valence-electron chi connectivity index (χ1n) is 10.3. The highest BCUT2D eigenvalue weighted by Crippen LogP contribution is 2.23. The first-order valence-corrected chi connectivity index (χ1v) is 10.3. The average molecular weight is 513 g/mol. The fraction of sp³-hybridized carbons (Fsp3) is 0.250. The molecule has 1 aliphatic rings. The van der Waals surface area contributed by atoms with Gasteiger partial charge in [-0.2, -0.15) is 0 Å². The van der Waals surface area contributed by atoms with Crippen molar-refractivity contribution in [1.29, 1.82) is 0 Å². The normalized spacial score (nSPS) is 16.7. The van der Waals surface area contributed by atoms with Crippen LogP contribution in [-0.4, -0.2) is 83.0 Å². The summed E-state index contributed by atoms with van der Waals surface area (Å²) in [5, 5.41) is 38.4. The minimum atomic E-state index is -2.20. The molecule has 0 bridgehead atoms. The van der Waals surface area contributed by atoms with Crippen LogP contribution in [0.3, 0.4) is 0 Å². The number of carbonyl (C=O) groups is 3. The predicted molar refractivity (Wildman–Crippen MR) is 119 cm³/mol. The summed E-state index contributed by atoms with van der Waals surface area (Å²) in [7, 11) is -2.88. The molecule has 10 nitrogen and oxygen atoms in total. The lowest BCUT2D eigenvalue weighted by Crippen LogP contribution is -2.41. The first kappa shape index (κ1) is 28.9. The number of nitrogens with two attached hydrogens (primary N) is 1. The lowest BCUT2D eigenvalue weighted by Gasteiger charge is -2.21. The molecule has 2 atom stereocenters. The van der Waals surface area contributed by atoms with Gasteiger partial charge in [-0.3, -0.25) is 9.59 Å². The van der Waals surface area contributed by atoms with Crippen LogP contribution >= 0.6 is 0 Å². The van der Waals surface area contributed by atoms with Crippen LogP contribution in [0.25, 0.3) is 0 Å². The van der Waals surface area contributed by atoms with Crippen molar-refractivity contribution in [1.82, 2.24) is 10.2 Å². The van der Waals surface area contributed by atoms with Crippen LogP contribution in [0, 0.1) is 23.3 Å². The van der Waals surface area contributed by atoms with Crippen LogP contribution in [0.5, 0.6) is 0 Å². The van der Waals surface area contributed by atoms with E-state index in [0.717, 1.165) is 4.90 Å². The molecule has 36 heavy (non-hydrogen) atoms. The molecule has 0 aromatic heterocycles. The van der Waals surface area contributed by atoms with Crippen LogP contribution in [0.4, 0.5) is 17.6 Å². The van der Waals surface area contributed by atoms with Crippen molar-refractivity contribution in [3.63, 3.8) is 0 Å². The zero-order valence-corrected chi connectivity index (χ0v) is 18.7. The summed E-state index contributed by atoms with van der Waals surface area (Å²) < 4.78 is 57.0. The van der Waals surface area contributed by atoms with E-state index < -0.39 is 90.0 Å². The lowest BCUT2D eigenvalue weighted by molar-refractivity contribution is -0.111. The summed E-state index contributed by atoms with van der Waals surface area (Å²) >= 11 is 0. The molecule has 192 valence electrons. The van der Waals surface area contributed by atoms with E-state index in [4.69, 9.17) is 20.1 Å². The molecule has 16 heteroatoms. The second-order valence-electron chi connectivity index (χ2n) is 7.53. The number of amides is 2. The number of nitrogens with one attached hydrogen (secondary N) is 1. The summed E-state index contributed by atoms with van der Waals surface area (Å²) in [4.78, 5) is 37.3. The highest BCUT2D eigenvalue weighted by Gasteiger charge is 2.39. The number of likely N-dealkylation sites (tertiary alicyclic amines) is 1. The molecule has 2 unspecified atom stereocenters. The molecule has 1 heterocycles. The Morgan fingerprint density at radius 1 is 0.917 bits per heavy atom. The van der Waals surface area contributed by atoms with Crippen molar-refractivity contribution in [2.45, 2.75) is 18.5 Å². The zero-order chi connectivity index (χ0) is 27.3. The number of hydrogen-bond donors (Lipinski definition) is 6. The molecule has 1 fully saturated rings. The molecule has 0 aliphatic carbocycles. The van der Waals surface area contributed by atoms with Crippen molar-refractivity contribution >= 4 is 43.3 Å². The highest BCUT2D eigenvalue weighted by molar-refractivity contribution is 6.59. The van der Waals surface area contributed by atoms with Gasteiger partial charge < -0.3 is 40.8 Å². The Kier molecular flexibility index (Phi) is 9.72. The van der Waals surface area contributed by atoms with Gasteiger partial charge in [0.25, 0.3) is 11.8 Å². The molecule has 3 rings (SSSR count). The minimum Gasteiger partial charge on any atom is -0.423 e. The zero-order valence-electron chi connectivity index (χ0n) is 18.7. The van der Waals surface area contributed by atoms with E-state index in [1.54, 1.807) is 0 Å². The van der Waals surface area contributed by atoms with Crippen molar-refractivity contribution in [3.8, 4) is 0 Å². The molecular weight excluding hydrogens is 492 g/mol. The van der Waals surface area contributed by atoms with E-state index in [9.17, 15) is 31.9 Å². The van der Waals surface area contributed by atoms with E-state index in [2.05, 4.69) is 11.1 Å². The Balaban J connectivity index is 0.00000222. The topological polar surface area (TPSA) is 173 Å². The maximum Gasteiger partial charge on any atom is 0.488 e. The summed E-state index contributed by atoms with van der Waals surface area (Å²) in [6.07, 6.45) is 0.0681. The standard InChI is InChI=1S/C19H16B2F4N2O7.CH5N/c22-12-1-8(20(31)32)2-13(23)16(12)18(29)26-10-5-11(7-28)27(6-10)19(30)17-14(24)3-9(21(33)34)4-15(17)25;1-2/h1-4,7,10-11,31-34H,5-6H2,(H,26,29);2H2,1H3. The molecule has 0 saturated carbocycles. The van der Waals surface area contributed by atoms with Gasteiger partial charge in [0.1, 0.15) is 40.7 Å². The third kappa shape index (κ3) is 6.09. The van der Waals surface area contributed by atoms with E-state index in [1.807, 2.05) is 0 Å². The average Bonchev–Trinajstić information content (AvgIpc) is 3.21. The highest BCUT2D eigenvalue weighted by atomic mass is 19.1. The molecule has 1 saturated heterocycles. The van der Waals surface area contributed by atoms with E-state index in [-0.39, 0.29) is 6.42 Å². The summed E-state index contributed by atoms with van der Waals surface area (Å²) in [5.74, 6) is -8.15. The Morgan fingerprint density at radius 2 is 1.33 bits per heavy atom. The fourth-order valence-electron chi connectivity index (χ4n) is 3.64. The SMILES string of the molecule is CN.O=CC1CC(NC(=O)c2c(F)cc(B(O)O)cc2F)CN1C(=O)c1c(F)cc(B(O)O)cc1F. The minimum absolute atomic E-state index is 0.228. The maximum atomic E-state index is 14.3. The van der Waals surface area contributed by atoms with Gasteiger partial charge in [0.15, 0.2) is 0 Å². The molecule has 0 spiro atoms. The van der Waals surface area contributed by atoms with Crippen molar-refractivity contribution in [3.05, 3.63) is 58.7 Å². The first-order chi connectivity index (χ1) is 16.9. The van der Waals surface area contributed by atoms with Gasteiger partial charge in [0, 0.05) is 12.6 Å². The number of hydrogen-bond acceptors (Lipinski definition) is 8. The number of rotatable bonds is 6. The number of halogens is 4. The van der Waals surface area contributed by atoms with Crippen LogP contribution in [0.1, 0.15) is 27.1 Å². The molecular formula is C20H21B2F4N3O7. The Labute approximate surface area is 202 Å². The lowest BCUT2D eigenvalue weighted by atomic mass is 9.79. The number of carbonyl (C=O) groups excluding carboxylic acids is 3. The van der Waals surface area contributed by atoms with Crippen molar-refractivity contribution in [2.24, 2.45) is 5.73 Å². The van der Waals surface area contributed by atoms with E-state index in [1.165, 1.54) is 7.05 Å². The van der Waals surface area contributed by atoms with Gasteiger partial charge >= 0.3 is 14.2 Å². The molecule has 0 radical (unpaired) electrons. The van der Waals surface area contributed by atoms with Crippen LogP contribution < -0.4 is 22.0 Å². The third-order valence-corrected chi connectivity index (χ3v) is 5.26.